The third kappa shape index (κ3) is 5.14. The van der Waals surface area contributed by atoms with Gasteiger partial charge in [-0.05, 0) is 0 Å². The van der Waals surface area contributed by atoms with E-state index in [0.29, 0.717) is 0 Å². The first kappa shape index (κ1) is 16.4. The van der Waals surface area contributed by atoms with E-state index in [-0.39, 0.29) is 45.2 Å². The van der Waals surface area contributed by atoms with Gasteiger partial charge < -0.3 is 24.6 Å². The van der Waals surface area contributed by atoms with Gasteiger partial charge in [0.1, 0.15) is 19.3 Å². The lowest BCUT2D eigenvalue weighted by Gasteiger charge is -2.15. The molecule has 0 aromatic heterocycles. The van der Waals surface area contributed by atoms with Gasteiger partial charge in [0.15, 0.2) is 0 Å². The summed E-state index contributed by atoms with van der Waals surface area (Å²) in [6.07, 6.45) is -1.05. The number of carbonyl (C=O) groups excluding carboxylic acids is 3. The standard InChI is InChI=1S/C12H19NO7/c1-8(15)19-6-10(16)7-20-12(18)9-4-11(17)13(5-9)2-3-14/h9-10,14,16H,2-7H2,1H3. The zero-order valence-electron chi connectivity index (χ0n) is 11.3. The van der Waals surface area contributed by atoms with Gasteiger partial charge >= 0.3 is 11.9 Å². The van der Waals surface area contributed by atoms with Crippen LogP contribution in [-0.2, 0) is 23.9 Å². The highest BCUT2D eigenvalue weighted by Crippen LogP contribution is 2.18. The summed E-state index contributed by atoms with van der Waals surface area (Å²) < 4.78 is 9.43. The van der Waals surface area contributed by atoms with Crippen molar-refractivity contribution in [1.29, 1.82) is 0 Å². The van der Waals surface area contributed by atoms with Gasteiger partial charge in [-0.3, -0.25) is 14.4 Å². The normalized spacial score (nSPS) is 19.9. The van der Waals surface area contributed by atoms with Gasteiger partial charge in [0.2, 0.25) is 5.91 Å². The van der Waals surface area contributed by atoms with E-state index in [4.69, 9.17) is 9.84 Å². The Morgan fingerprint density at radius 2 is 2.05 bits per heavy atom. The van der Waals surface area contributed by atoms with Crippen LogP contribution in [0.5, 0.6) is 0 Å². The highest BCUT2D eigenvalue weighted by Gasteiger charge is 2.35. The smallest absolute Gasteiger partial charge is 0.311 e. The van der Waals surface area contributed by atoms with Gasteiger partial charge in [0.05, 0.1) is 12.5 Å². The molecule has 20 heavy (non-hydrogen) atoms. The number of esters is 2. The van der Waals surface area contributed by atoms with Gasteiger partial charge in [0, 0.05) is 26.4 Å². The second-order valence-corrected chi connectivity index (χ2v) is 4.55. The summed E-state index contributed by atoms with van der Waals surface area (Å²) >= 11 is 0. The SMILES string of the molecule is CC(=O)OCC(O)COC(=O)C1CC(=O)N(CCO)C1. The first-order chi connectivity index (χ1) is 9.43. The van der Waals surface area contributed by atoms with Crippen LogP contribution in [0, 0.1) is 5.92 Å². The van der Waals surface area contributed by atoms with Crippen LogP contribution in [0.25, 0.3) is 0 Å². The Balaban J connectivity index is 2.29. The van der Waals surface area contributed by atoms with Gasteiger partial charge in [-0.2, -0.15) is 0 Å². The van der Waals surface area contributed by atoms with E-state index in [1.165, 1.54) is 11.8 Å². The first-order valence-corrected chi connectivity index (χ1v) is 6.30. The van der Waals surface area contributed by atoms with Crippen LogP contribution >= 0.6 is 0 Å². The molecule has 1 aliphatic rings. The molecule has 2 unspecified atom stereocenters. The topological polar surface area (TPSA) is 113 Å². The third-order valence-corrected chi connectivity index (χ3v) is 2.81. The Morgan fingerprint density at radius 3 is 2.65 bits per heavy atom. The summed E-state index contributed by atoms with van der Waals surface area (Å²) in [4.78, 5) is 35.1. The van der Waals surface area contributed by atoms with Crippen molar-refractivity contribution in [3.8, 4) is 0 Å². The minimum atomic E-state index is -1.09. The molecule has 0 aromatic rings. The van der Waals surface area contributed by atoms with Gasteiger partial charge in [-0.1, -0.05) is 0 Å². The molecule has 1 fully saturated rings. The second kappa shape index (κ2) is 7.81. The molecular weight excluding hydrogens is 270 g/mol. The molecule has 2 atom stereocenters. The second-order valence-electron chi connectivity index (χ2n) is 4.55. The van der Waals surface area contributed by atoms with E-state index in [1.54, 1.807) is 0 Å². The molecule has 1 amide bonds. The van der Waals surface area contributed by atoms with Crippen molar-refractivity contribution in [1.82, 2.24) is 4.90 Å². The Hall–Kier alpha value is -1.67. The number of ether oxygens (including phenoxy) is 2. The van der Waals surface area contributed by atoms with Crippen LogP contribution in [0.2, 0.25) is 0 Å². The average Bonchev–Trinajstić information content (AvgIpc) is 2.75. The van der Waals surface area contributed by atoms with Crippen molar-refractivity contribution in [3.05, 3.63) is 0 Å². The fraction of sp³-hybridized carbons (Fsp3) is 0.750. The maximum Gasteiger partial charge on any atom is 0.311 e. The van der Waals surface area contributed by atoms with Crippen LogP contribution in [0.3, 0.4) is 0 Å². The minimum absolute atomic E-state index is 0.0406. The lowest BCUT2D eigenvalue weighted by molar-refractivity contribution is -0.154. The van der Waals surface area contributed by atoms with E-state index in [9.17, 15) is 19.5 Å². The minimum Gasteiger partial charge on any atom is -0.463 e. The van der Waals surface area contributed by atoms with Crippen molar-refractivity contribution in [2.24, 2.45) is 5.92 Å². The molecule has 0 aliphatic carbocycles. The maximum atomic E-state index is 11.7. The predicted octanol–water partition coefficient (Wildman–Crippen LogP) is -1.71. The third-order valence-electron chi connectivity index (χ3n) is 2.81. The zero-order chi connectivity index (χ0) is 15.1. The highest BCUT2D eigenvalue weighted by atomic mass is 16.6. The van der Waals surface area contributed by atoms with Gasteiger partial charge in [0.25, 0.3) is 0 Å². The van der Waals surface area contributed by atoms with E-state index in [2.05, 4.69) is 4.74 Å². The van der Waals surface area contributed by atoms with Crippen LogP contribution in [0.15, 0.2) is 0 Å². The van der Waals surface area contributed by atoms with Crippen molar-refractivity contribution in [2.45, 2.75) is 19.4 Å². The number of likely N-dealkylation sites (tertiary alicyclic amines) is 1. The summed E-state index contributed by atoms with van der Waals surface area (Å²) in [5.74, 6) is -1.91. The van der Waals surface area contributed by atoms with E-state index >= 15 is 0 Å². The first-order valence-electron chi connectivity index (χ1n) is 6.30. The van der Waals surface area contributed by atoms with Crippen LogP contribution in [0.4, 0.5) is 0 Å². The van der Waals surface area contributed by atoms with Crippen LogP contribution in [-0.4, -0.2) is 72.0 Å². The van der Waals surface area contributed by atoms with E-state index in [1.807, 2.05) is 0 Å². The van der Waals surface area contributed by atoms with Gasteiger partial charge in [-0.15, -0.1) is 0 Å². The number of β-amino-alcohol motifs (C(OH)–C–C–N with tert-alkyl or cyclic N) is 1. The fourth-order valence-corrected chi connectivity index (χ4v) is 1.82. The number of carbonyl (C=O) groups is 3. The summed E-state index contributed by atoms with van der Waals surface area (Å²) in [7, 11) is 0. The Bertz CT molecular complexity index is 371. The predicted molar refractivity (Wildman–Crippen MR) is 65.4 cm³/mol. The summed E-state index contributed by atoms with van der Waals surface area (Å²) in [6, 6.07) is 0. The lowest BCUT2D eigenvalue weighted by atomic mass is 10.1. The molecule has 0 spiro atoms. The monoisotopic (exact) mass is 289 g/mol. The zero-order valence-corrected chi connectivity index (χ0v) is 11.3. The number of amides is 1. The Kier molecular flexibility index (Phi) is 6.40. The summed E-state index contributed by atoms with van der Waals surface area (Å²) in [6.45, 7) is 0.906. The maximum absolute atomic E-state index is 11.7. The quantitative estimate of drug-likeness (QED) is 0.537. The molecule has 0 bridgehead atoms. The molecule has 114 valence electrons. The van der Waals surface area contributed by atoms with Crippen molar-refractivity contribution < 1.29 is 34.1 Å². The van der Waals surface area contributed by atoms with Gasteiger partial charge in [-0.25, -0.2) is 0 Å². The highest BCUT2D eigenvalue weighted by molar-refractivity contribution is 5.86. The molecule has 1 heterocycles. The molecular formula is C12H19NO7. The van der Waals surface area contributed by atoms with Crippen molar-refractivity contribution >= 4 is 17.8 Å². The lowest BCUT2D eigenvalue weighted by Crippen LogP contribution is -2.30. The molecule has 1 rings (SSSR count). The summed E-state index contributed by atoms with van der Waals surface area (Å²) in [5, 5.41) is 18.2. The molecule has 0 radical (unpaired) electrons. The number of hydrogen-bond acceptors (Lipinski definition) is 7. The number of aliphatic hydroxyl groups is 2. The van der Waals surface area contributed by atoms with Crippen LogP contribution in [0.1, 0.15) is 13.3 Å². The van der Waals surface area contributed by atoms with E-state index in [0.717, 1.165) is 0 Å². The Labute approximate surface area is 116 Å². The number of aliphatic hydroxyl groups excluding tert-OH is 2. The molecule has 0 saturated carbocycles. The average molecular weight is 289 g/mol. The molecule has 0 aromatic carbocycles. The fourth-order valence-electron chi connectivity index (χ4n) is 1.82. The molecule has 1 saturated heterocycles. The molecule has 2 N–H and O–H groups in total. The van der Waals surface area contributed by atoms with Crippen molar-refractivity contribution in [2.75, 3.05) is 32.9 Å². The number of rotatable bonds is 7. The van der Waals surface area contributed by atoms with Crippen LogP contribution < -0.4 is 0 Å². The Morgan fingerprint density at radius 1 is 1.40 bits per heavy atom. The summed E-state index contributed by atoms with van der Waals surface area (Å²) in [5.41, 5.74) is 0. The van der Waals surface area contributed by atoms with E-state index < -0.39 is 24.0 Å². The molecule has 8 heteroatoms. The molecule has 1 aliphatic heterocycles. The van der Waals surface area contributed by atoms with Crippen molar-refractivity contribution in [3.63, 3.8) is 0 Å². The number of nitrogens with zero attached hydrogens (tertiary/aromatic N) is 1. The molecule has 8 nitrogen and oxygen atoms in total. The number of hydrogen-bond donors (Lipinski definition) is 2. The largest absolute Gasteiger partial charge is 0.463 e.